The minimum Gasteiger partial charge on any atom is -0.486 e. The molecule has 6 heteroatoms. The predicted octanol–water partition coefficient (Wildman–Crippen LogP) is 4.26. The lowest BCUT2D eigenvalue weighted by Gasteiger charge is -2.18. The van der Waals surface area contributed by atoms with Crippen LogP contribution in [0.15, 0.2) is 45.8 Å². The quantitative estimate of drug-likeness (QED) is 0.788. The minimum atomic E-state index is -0.0321. The maximum Gasteiger partial charge on any atom is 0.234 e. The molecule has 23 heavy (non-hydrogen) atoms. The van der Waals surface area contributed by atoms with Crippen LogP contribution in [0, 0.1) is 6.92 Å². The Morgan fingerprint density at radius 1 is 1.17 bits per heavy atom. The van der Waals surface area contributed by atoms with E-state index in [1.165, 1.54) is 11.8 Å². The van der Waals surface area contributed by atoms with E-state index in [1.807, 2.05) is 43.3 Å². The van der Waals surface area contributed by atoms with E-state index in [0.717, 1.165) is 32.1 Å². The Labute approximate surface area is 147 Å². The number of halogens is 1. The van der Waals surface area contributed by atoms with Crippen LogP contribution in [0.25, 0.3) is 0 Å². The van der Waals surface area contributed by atoms with Gasteiger partial charge in [0.2, 0.25) is 5.91 Å². The molecule has 0 unspecified atom stereocenters. The molecule has 0 aromatic heterocycles. The summed E-state index contributed by atoms with van der Waals surface area (Å²) < 4.78 is 12.0. The summed E-state index contributed by atoms with van der Waals surface area (Å²) in [7, 11) is 0. The summed E-state index contributed by atoms with van der Waals surface area (Å²) in [6.45, 7) is 3.10. The van der Waals surface area contributed by atoms with Crippen molar-refractivity contribution in [2.24, 2.45) is 0 Å². The number of carbonyl (C=O) groups excluding carboxylic acids is 1. The summed E-state index contributed by atoms with van der Waals surface area (Å²) in [6, 6.07) is 11.5. The van der Waals surface area contributed by atoms with E-state index in [2.05, 4.69) is 21.2 Å². The average Bonchev–Trinajstić information content (AvgIpc) is 2.55. The van der Waals surface area contributed by atoms with E-state index < -0.39 is 0 Å². The summed E-state index contributed by atoms with van der Waals surface area (Å²) in [6.07, 6.45) is 0. The highest BCUT2D eigenvalue weighted by atomic mass is 79.9. The molecule has 0 radical (unpaired) electrons. The lowest BCUT2D eigenvalue weighted by molar-refractivity contribution is -0.113. The van der Waals surface area contributed by atoms with Gasteiger partial charge in [0.15, 0.2) is 11.5 Å². The Morgan fingerprint density at radius 2 is 1.96 bits per heavy atom. The Morgan fingerprint density at radius 3 is 2.74 bits per heavy atom. The number of anilines is 1. The first-order valence-corrected chi connectivity index (χ1v) is 8.98. The lowest BCUT2D eigenvalue weighted by atomic mass is 10.2. The number of rotatable bonds is 4. The second-order valence-electron chi connectivity index (χ2n) is 5.10. The molecule has 0 saturated heterocycles. The van der Waals surface area contributed by atoms with Gasteiger partial charge in [0.25, 0.3) is 0 Å². The van der Waals surface area contributed by atoms with Crippen molar-refractivity contribution in [1.82, 2.24) is 0 Å². The van der Waals surface area contributed by atoms with Gasteiger partial charge in [0, 0.05) is 15.1 Å². The van der Waals surface area contributed by atoms with E-state index in [-0.39, 0.29) is 5.91 Å². The molecule has 2 aromatic carbocycles. The number of nitrogens with one attached hydrogen (secondary N) is 1. The standard InChI is InChI=1S/C17H16BrNO3S/c1-11-8-12(18)2-4-14(11)19-17(20)10-23-13-3-5-15-16(9-13)22-7-6-21-15/h2-5,8-9H,6-7,10H2,1H3,(H,19,20). The first kappa shape index (κ1) is 16.2. The number of hydrogen-bond acceptors (Lipinski definition) is 4. The highest BCUT2D eigenvalue weighted by Gasteiger charge is 2.13. The molecule has 0 saturated carbocycles. The molecule has 1 amide bonds. The van der Waals surface area contributed by atoms with Crippen molar-refractivity contribution >= 4 is 39.3 Å². The lowest BCUT2D eigenvalue weighted by Crippen LogP contribution is -2.16. The van der Waals surface area contributed by atoms with Crippen LogP contribution < -0.4 is 14.8 Å². The van der Waals surface area contributed by atoms with E-state index >= 15 is 0 Å². The Kier molecular flexibility index (Phi) is 5.13. The van der Waals surface area contributed by atoms with Gasteiger partial charge in [-0.2, -0.15) is 0 Å². The number of thioether (sulfide) groups is 1. The van der Waals surface area contributed by atoms with Crippen molar-refractivity contribution in [2.45, 2.75) is 11.8 Å². The van der Waals surface area contributed by atoms with Crippen LogP contribution in [0.2, 0.25) is 0 Å². The molecule has 1 heterocycles. The molecular weight excluding hydrogens is 378 g/mol. The number of amides is 1. The number of benzene rings is 2. The SMILES string of the molecule is Cc1cc(Br)ccc1NC(=O)CSc1ccc2c(c1)OCCO2. The van der Waals surface area contributed by atoms with Gasteiger partial charge in [-0.25, -0.2) is 0 Å². The Balaban J connectivity index is 1.58. The second-order valence-corrected chi connectivity index (χ2v) is 7.07. The largest absolute Gasteiger partial charge is 0.486 e. The zero-order valence-electron chi connectivity index (χ0n) is 12.6. The molecule has 4 nitrogen and oxygen atoms in total. The number of carbonyl (C=O) groups is 1. The van der Waals surface area contributed by atoms with Gasteiger partial charge in [0.1, 0.15) is 13.2 Å². The predicted molar refractivity (Wildman–Crippen MR) is 95.7 cm³/mol. The fourth-order valence-electron chi connectivity index (χ4n) is 2.22. The van der Waals surface area contributed by atoms with E-state index in [1.54, 1.807) is 0 Å². The van der Waals surface area contributed by atoms with Crippen molar-refractivity contribution < 1.29 is 14.3 Å². The molecule has 3 rings (SSSR count). The van der Waals surface area contributed by atoms with Gasteiger partial charge in [-0.1, -0.05) is 15.9 Å². The van der Waals surface area contributed by atoms with Crippen molar-refractivity contribution in [3.8, 4) is 11.5 Å². The summed E-state index contributed by atoms with van der Waals surface area (Å²) in [5.74, 6) is 1.81. The molecule has 0 bridgehead atoms. The fourth-order valence-corrected chi connectivity index (χ4v) is 3.42. The van der Waals surface area contributed by atoms with Crippen LogP contribution in [0.5, 0.6) is 11.5 Å². The molecule has 0 spiro atoms. The average molecular weight is 394 g/mol. The molecule has 2 aromatic rings. The Hall–Kier alpha value is -1.66. The molecule has 1 N–H and O–H groups in total. The summed E-state index contributed by atoms with van der Waals surface area (Å²) in [4.78, 5) is 13.1. The zero-order chi connectivity index (χ0) is 16.2. The first-order chi connectivity index (χ1) is 11.1. The molecule has 1 aliphatic heterocycles. The molecule has 1 aliphatic rings. The zero-order valence-corrected chi connectivity index (χ0v) is 15.0. The van der Waals surface area contributed by atoms with Gasteiger partial charge >= 0.3 is 0 Å². The van der Waals surface area contributed by atoms with Crippen LogP contribution in [0.3, 0.4) is 0 Å². The van der Waals surface area contributed by atoms with Gasteiger partial charge in [-0.15, -0.1) is 11.8 Å². The highest BCUT2D eigenvalue weighted by molar-refractivity contribution is 9.10. The molecular formula is C17H16BrNO3S. The first-order valence-electron chi connectivity index (χ1n) is 7.20. The molecule has 0 atom stereocenters. The molecule has 0 aliphatic carbocycles. The van der Waals surface area contributed by atoms with Crippen molar-refractivity contribution in [3.05, 3.63) is 46.4 Å². The van der Waals surface area contributed by atoms with Gasteiger partial charge in [-0.05, 0) is 48.9 Å². The van der Waals surface area contributed by atoms with E-state index in [0.29, 0.717) is 19.0 Å². The smallest absolute Gasteiger partial charge is 0.234 e. The summed E-state index contributed by atoms with van der Waals surface area (Å²) in [5.41, 5.74) is 1.86. The van der Waals surface area contributed by atoms with E-state index in [9.17, 15) is 4.79 Å². The summed E-state index contributed by atoms with van der Waals surface area (Å²) >= 11 is 4.89. The third-order valence-corrected chi connectivity index (χ3v) is 4.83. The molecule has 120 valence electrons. The van der Waals surface area contributed by atoms with E-state index in [4.69, 9.17) is 9.47 Å². The van der Waals surface area contributed by atoms with Gasteiger partial charge < -0.3 is 14.8 Å². The maximum absolute atomic E-state index is 12.1. The topological polar surface area (TPSA) is 47.6 Å². The minimum absolute atomic E-state index is 0.0321. The number of ether oxygens (including phenoxy) is 2. The Bertz CT molecular complexity index is 736. The van der Waals surface area contributed by atoms with Crippen molar-refractivity contribution in [3.63, 3.8) is 0 Å². The van der Waals surface area contributed by atoms with Crippen molar-refractivity contribution in [2.75, 3.05) is 24.3 Å². The maximum atomic E-state index is 12.1. The summed E-state index contributed by atoms with van der Waals surface area (Å²) in [5, 5.41) is 2.93. The molecule has 0 fully saturated rings. The second kappa shape index (κ2) is 7.27. The number of aryl methyl sites for hydroxylation is 1. The van der Waals surface area contributed by atoms with Crippen molar-refractivity contribution in [1.29, 1.82) is 0 Å². The normalized spacial score (nSPS) is 12.8. The number of fused-ring (bicyclic) bond motifs is 1. The number of hydrogen-bond donors (Lipinski definition) is 1. The third-order valence-electron chi connectivity index (χ3n) is 3.35. The van der Waals surface area contributed by atoms with Crippen LogP contribution in [-0.2, 0) is 4.79 Å². The monoisotopic (exact) mass is 393 g/mol. The fraction of sp³-hybridized carbons (Fsp3) is 0.235. The van der Waals surface area contributed by atoms with Crippen LogP contribution in [-0.4, -0.2) is 24.9 Å². The van der Waals surface area contributed by atoms with Gasteiger partial charge in [-0.3, -0.25) is 4.79 Å². The van der Waals surface area contributed by atoms with Gasteiger partial charge in [0.05, 0.1) is 5.75 Å². The van der Waals surface area contributed by atoms with Crippen LogP contribution in [0.4, 0.5) is 5.69 Å². The van der Waals surface area contributed by atoms with Crippen LogP contribution in [0.1, 0.15) is 5.56 Å². The van der Waals surface area contributed by atoms with Crippen LogP contribution >= 0.6 is 27.7 Å². The third kappa shape index (κ3) is 4.20. The highest BCUT2D eigenvalue weighted by Crippen LogP contribution is 2.34.